The number of aryl methyl sites for hydroxylation is 1. The second-order valence-electron chi connectivity index (χ2n) is 4.15. The monoisotopic (exact) mass is 378 g/mol. The Bertz CT molecular complexity index is 880. The highest BCUT2D eigenvalue weighted by atomic mass is 79.9. The number of hydrogen-bond donors (Lipinski definition) is 1. The molecule has 0 aliphatic rings. The highest BCUT2D eigenvalue weighted by molar-refractivity contribution is 9.10. The number of ether oxygens (including phenoxy) is 1. The van der Waals surface area contributed by atoms with E-state index in [0.717, 1.165) is 9.15 Å². The molecule has 8 heteroatoms. The molecule has 1 N–H and O–H groups in total. The average Bonchev–Trinajstić information content (AvgIpc) is 2.50. The summed E-state index contributed by atoms with van der Waals surface area (Å²) in [5.41, 5.74) is 0.533. The number of H-pyrrole nitrogens is 1. The van der Waals surface area contributed by atoms with Gasteiger partial charge in [-0.1, -0.05) is 21.9 Å². The van der Waals surface area contributed by atoms with Gasteiger partial charge in [0.05, 0.1) is 6.21 Å². The van der Waals surface area contributed by atoms with E-state index in [1.807, 2.05) is 6.07 Å². The van der Waals surface area contributed by atoms with Gasteiger partial charge in [-0.3, -0.25) is 9.89 Å². The van der Waals surface area contributed by atoms with E-state index in [0.29, 0.717) is 11.3 Å². The van der Waals surface area contributed by atoms with Crippen LogP contribution < -0.4 is 10.3 Å². The third-order valence-corrected chi connectivity index (χ3v) is 3.37. The molecule has 0 bridgehead atoms. The van der Waals surface area contributed by atoms with Gasteiger partial charge in [0.2, 0.25) is 4.77 Å². The van der Waals surface area contributed by atoms with Crippen LogP contribution >= 0.6 is 28.1 Å². The number of nitrogens with zero attached hydrogens (tertiary/aromatic N) is 3. The minimum Gasteiger partial charge on any atom is -0.480 e. The van der Waals surface area contributed by atoms with Crippen molar-refractivity contribution in [1.29, 1.82) is 0 Å². The standard InChI is InChI=1S/C14H11BrN4O2S/c1-3-6-21-12-5-4-11(15)7-10(12)8-16-19-13(20)9(2)17-18-14(19)22/h1,4-5,7-8H,6H2,2H3,(H,18,22)/b16-8-. The molecule has 2 rings (SSSR count). The van der Waals surface area contributed by atoms with Gasteiger partial charge in [-0.2, -0.15) is 14.9 Å². The van der Waals surface area contributed by atoms with Gasteiger partial charge in [-0.05, 0) is 37.3 Å². The third-order valence-electron chi connectivity index (χ3n) is 2.61. The first-order chi connectivity index (χ1) is 10.5. The SMILES string of the molecule is C#CCOc1ccc(Br)cc1/C=N\n1c(=S)[nH]nc(C)c1=O. The number of benzene rings is 1. The molecule has 0 amide bonds. The Morgan fingerprint density at radius 2 is 2.41 bits per heavy atom. The summed E-state index contributed by atoms with van der Waals surface area (Å²) in [6.45, 7) is 1.71. The Labute approximate surface area is 140 Å². The largest absolute Gasteiger partial charge is 0.480 e. The predicted molar refractivity (Wildman–Crippen MR) is 89.9 cm³/mol. The zero-order valence-corrected chi connectivity index (χ0v) is 13.9. The summed E-state index contributed by atoms with van der Waals surface area (Å²) >= 11 is 8.38. The minimum absolute atomic E-state index is 0.105. The van der Waals surface area contributed by atoms with Crippen LogP contribution in [0.2, 0.25) is 0 Å². The van der Waals surface area contributed by atoms with Crippen molar-refractivity contribution in [3.63, 3.8) is 0 Å². The average molecular weight is 379 g/mol. The number of hydrogen-bond acceptors (Lipinski definition) is 5. The zero-order chi connectivity index (χ0) is 16.1. The fraction of sp³-hybridized carbons (Fsp3) is 0.143. The van der Waals surface area contributed by atoms with Crippen LogP contribution in [0.25, 0.3) is 0 Å². The summed E-state index contributed by atoms with van der Waals surface area (Å²) in [5, 5.41) is 10.4. The van der Waals surface area contributed by atoms with Gasteiger partial charge in [0, 0.05) is 10.0 Å². The maximum Gasteiger partial charge on any atom is 0.296 e. The third kappa shape index (κ3) is 3.69. The molecule has 22 heavy (non-hydrogen) atoms. The molecule has 0 aliphatic heterocycles. The molecular formula is C14H11BrN4O2S. The molecule has 0 atom stereocenters. The molecule has 0 saturated heterocycles. The Kier molecular flexibility index (Phi) is 5.25. The summed E-state index contributed by atoms with van der Waals surface area (Å²) in [7, 11) is 0. The van der Waals surface area contributed by atoms with Crippen molar-refractivity contribution < 1.29 is 4.74 Å². The van der Waals surface area contributed by atoms with Gasteiger partial charge in [-0.25, -0.2) is 0 Å². The second-order valence-corrected chi connectivity index (χ2v) is 5.45. The molecule has 2 aromatic rings. The first-order valence-corrected chi connectivity index (χ1v) is 7.31. The lowest BCUT2D eigenvalue weighted by atomic mass is 10.2. The Hall–Kier alpha value is -2.24. The maximum atomic E-state index is 12.0. The van der Waals surface area contributed by atoms with E-state index in [1.165, 1.54) is 6.21 Å². The first-order valence-electron chi connectivity index (χ1n) is 6.11. The fourth-order valence-electron chi connectivity index (χ4n) is 1.57. The lowest BCUT2D eigenvalue weighted by Crippen LogP contribution is -2.22. The molecular weight excluding hydrogens is 368 g/mol. The van der Waals surface area contributed by atoms with E-state index < -0.39 is 0 Å². The van der Waals surface area contributed by atoms with Crippen molar-refractivity contribution in [2.45, 2.75) is 6.92 Å². The van der Waals surface area contributed by atoms with Crippen LogP contribution in [0.15, 0.2) is 32.6 Å². The predicted octanol–water partition coefficient (Wildman–Crippen LogP) is 2.27. The van der Waals surface area contributed by atoms with Crippen molar-refractivity contribution in [2.24, 2.45) is 5.10 Å². The lowest BCUT2D eigenvalue weighted by Gasteiger charge is -2.06. The number of aromatic amines is 1. The highest BCUT2D eigenvalue weighted by Crippen LogP contribution is 2.21. The number of nitrogens with one attached hydrogen (secondary N) is 1. The van der Waals surface area contributed by atoms with Crippen LogP contribution in [-0.4, -0.2) is 27.7 Å². The second kappa shape index (κ2) is 7.15. The molecule has 6 nitrogen and oxygen atoms in total. The summed E-state index contributed by atoms with van der Waals surface area (Å²) < 4.78 is 7.43. The van der Waals surface area contributed by atoms with Gasteiger partial charge in [-0.15, -0.1) is 6.42 Å². The van der Waals surface area contributed by atoms with Gasteiger partial charge in [0.1, 0.15) is 18.1 Å². The van der Waals surface area contributed by atoms with Gasteiger partial charge in [0.15, 0.2) is 0 Å². The van der Waals surface area contributed by atoms with Crippen molar-refractivity contribution in [2.75, 3.05) is 6.61 Å². The number of aromatic nitrogens is 3. The van der Waals surface area contributed by atoms with Gasteiger partial charge >= 0.3 is 0 Å². The van der Waals surface area contributed by atoms with Crippen molar-refractivity contribution in [3.05, 3.63) is 49.1 Å². The molecule has 0 fully saturated rings. The van der Waals surface area contributed by atoms with Gasteiger partial charge < -0.3 is 4.74 Å². The highest BCUT2D eigenvalue weighted by Gasteiger charge is 2.04. The number of halogens is 1. The van der Waals surface area contributed by atoms with Crippen molar-refractivity contribution in [1.82, 2.24) is 14.9 Å². The number of rotatable bonds is 4. The molecule has 112 valence electrons. The maximum absolute atomic E-state index is 12.0. The fourth-order valence-corrected chi connectivity index (χ4v) is 2.12. The molecule has 0 saturated carbocycles. The van der Waals surface area contributed by atoms with Crippen LogP contribution in [0, 0.1) is 24.0 Å². The lowest BCUT2D eigenvalue weighted by molar-refractivity contribution is 0.370. The van der Waals surface area contributed by atoms with Crippen LogP contribution in [0.1, 0.15) is 11.3 Å². The molecule has 0 radical (unpaired) electrons. The van der Waals surface area contributed by atoms with Crippen molar-refractivity contribution >= 4 is 34.4 Å². The Morgan fingerprint density at radius 1 is 1.64 bits per heavy atom. The van der Waals surface area contributed by atoms with E-state index in [-0.39, 0.29) is 22.6 Å². The van der Waals surface area contributed by atoms with E-state index in [9.17, 15) is 4.79 Å². The quantitative estimate of drug-likeness (QED) is 0.503. The molecule has 0 aliphatic carbocycles. The molecule has 1 aromatic heterocycles. The Balaban J connectivity index is 2.45. The van der Waals surface area contributed by atoms with E-state index >= 15 is 0 Å². The van der Waals surface area contributed by atoms with Gasteiger partial charge in [0.25, 0.3) is 5.56 Å². The van der Waals surface area contributed by atoms with E-state index in [1.54, 1.807) is 19.1 Å². The molecule has 0 spiro atoms. The summed E-state index contributed by atoms with van der Waals surface area (Å²) in [6, 6.07) is 5.36. The van der Waals surface area contributed by atoms with Crippen LogP contribution in [0.5, 0.6) is 5.75 Å². The van der Waals surface area contributed by atoms with Crippen LogP contribution in [0.3, 0.4) is 0 Å². The minimum atomic E-state index is -0.388. The summed E-state index contributed by atoms with van der Waals surface area (Å²) in [6.07, 6.45) is 6.66. The zero-order valence-electron chi connectivity index (χ0n) is 11.5. The number of terminal acetylenes is 1. The first kappa shape index (κ1) is 16.1. The summed E-state index contributed by atoms with van der Waals surface area (Å²) in [5.74, 6) is 2.95. The van der Waals surface area contributed by atoms with Crippen LogP contribution in [-0.2, 0) is 0 Å². The normalized spacial score (nSPS) is 10.6. The summed E-state index contributed by atoms with van der Waals surface area (Å²) in [4.78, 5) is 12.0. The molecule has 0 unspecified atom stereocenters. The van der Waals surface area contributed by atoms with E-state index in [4.69, 9.17) is 23.4 Å². The Morgan fingerprint density at radius 3 is 3.14 bits per heavy atom. The van der Waals surface area contributed by atoms with E-state index in [2.05, 4.69) is 37.1 Å². The topological polar surface area (TPSA) is 72.3 Å². The van der Waals surface area contributed by atoms with Crippen molar-refractivity contribution in [3.8, 4) is 18.1 Å². The molecule has 1 aromatic carbocycles. The molecule has 1 heterocycles. The van der Waals surface area contributed by atoms with Crippen LogP contribution in [0.4, 0.5) is 0 Å². The smallest absolute Gasteiger partial charge is 0.296 e.